The Balaban J connectivity index is 1.84. The molecule has 0 radical (unpaired) electrons. The Morgan fingerprint density at radius 1 is 1.29 bits per heavy atom. The molecule has 1 unspecified atom stereocenters. The summed E-state index contributed by atoms with van der Waals surface area (Å²) < 4.78 is 54.0. The van der Waals surface area contributed by atoms with Crippen LogP contribution in [0.5, 0.6) is 0 Å². The van der Waals surface area contributed by atoms with E-state index in [0.29, 0.717) is 28.3 Å². The molecule has 2 heterocycles. The van der Waals surface area contributed by atoms with E-state index in [4.69, 9.17) is 5.73 Å². The maximum absolute atomic E-state index is 13.8. The van der Waals surface area contributed by atoms with Crippen molar-refractivity contribution in [3.8, 4) is 11.3 Å². The summed E-state index contributed by atoms with van der Waals surface area (Å²) in [5.74, 6) is 0.392. The number of benzene rings is 1. The third-order valence-corrected chi connectivity index (χ3v) is 7.43. The van der Waals surface area contributed by atoms with Gasteiger partial charge in [0.05, 0.1) is 11.2 Å². The van der Waals surface area contributed by atoms with Crippen LogP contribution in [0.25, 0.3) is 22.2 Å². The fraction of sp³-hybridized carbons (Fsp3) is 0.429. The first-order chi connectivity index (χ1) is 14.6. The average molecular weight is 451 g/mol. The number of nitrogens with zero attached hydrogens (tertiary/aromatic N) is 2. The number of fused-ring (bicyclic) bond motifs is 1. The van der Waals surface area contributed by atoms with Crippen LogP contribution in [0, 0.1) is 5.92 Å². The minimum atomic E-state index is -4.62. The number of anilines is 1. The van der Waals surface area contributed by atoms with Crippen LogP contribution in [0.15, 0.2) is 30.6 Å². The SMILES string of the molecule is CP(C)(=O)c1cccc2c(-c3nc(NC4CCC[C@H]4CN)ncc3C(F)(F)F)c[nH]c12. The third-order valence-electron chi connectivity index (χ3n) is 5.90. The molecule has 0 saturated heterocycles. The first-order valence-corrected chi connectivity index (χ1v) is 12.8. The lowest BCUT2D eigenvalue weighted by atomic mass is 10.0. The molecule has 1 aliphatic rings. The zero-order chi connectivity index (χ0) is 22.4. The summed E-state index contributed by atoms with van der Waals surface area (Å²) in [6.45, 7) is 3.77. The summed E-state index contributed by atoms with van der Waals surface area (Å²) in [5, 5.41) is 4.31. The molecular formula is C21H25F3N5OP. The molecule has 0 amide bonds. The van der Waals surface area contributed by atoms with Gasteiger partial charge in [-0.3, -0.25) is 0 Å². The van der Waals surface area contributed by atoms with Gasteiger partial charge in [-0.15, -0.1) is 0 Å². The van der Waals surface area contributed by atoms with Gasteiger partial charge in [0.2, 0.25) is 5.95 Å². The van der Waals surface area contributed by atoms with Crippen LogP contribution in [0.4, 0.5) is 19.1 Å². The van der Waals surface area contributed by atoms with E-state index in [0.717, 1.165) is 25.5 Å². The van der Waals surface area contributed by atoms with Crippen molar-refractivity contribution in [3.05, 3.63) is 36.2 Å². The minimum Gasteiger partial charge on any atom is -0.360 e. The molecule has 2 aromatic heterocycles. The highest BCUT2D eigenvalue weighted by Gasteiger charge is 2.36. The number of hydrogen-bond donors (Lipinski definition) is 3. The van der Waals surface area contributed by atoms with Crippen LogP contribution in [-0.4, -0.2) is 40.9 Å². The number of H-pyrrole nitrogens is 1. The molecule has 4 N–H and O–H groups in total. The average Bonchev–Trinajstić information content (AvgIpc) is 3.32. The number of nitrogens with two attached hydrogens (primary N) is 1. The smallest absolute Gasteiger partial charge is 0.360 e. The Kier molecular flexibility index (Phi) is 5.60. The molecule has 4 rings (SSSR count). The molecule has 0 aliphatic heterocycles. The van der Waals surface area contributed by atoms with Gasteiger partial charge in [0.1, 0.15) is 12.7 Å². The fourth-order valence-electron chi connectivity index (χ4n) is 4.32. The molecule has 0 spiro atoms. The van der Waals surface area contributed by atoms with Crippen molar-refractivity contribution in [1.29, 1.82) is 0 Å². The van der Waals surface area contributed by atoms with Crippen molar-refractivity contribution >= 4 is 29.3 Å². The van der Waals surface area contributed by atoms with E-state index >= 15 is 0 Å². The Bertz CT molecular complexity index is 1150. The Morgan fingerprint density at radius 2 is 2.06 bits per heavy atom. The van der Waals surface area contributed by atoms with E-state index in [9.17, 15) is 17.7 Å². The maximum atomic E-state index is 13.8. The molecule has 1 aliphatic carbocycles. The monoisotopic (exact) mass is 451 g/mol. The van der Waals surface area contributed by atoms with Crippen LogP contribution in [0.2, 0.25) is 0 Å². The summed E-state index contributed by atoms with van der Waals surface area (Å²) in [4.78, 5) is 11.2. The normalized spacial score (nSPS) is 19.8. The lowest BCUT2D eigenvalue weighted by Gasteiger charge is -2.20. The molecule has 1 saturated carbocycles. The van der Waals surface area contributed by atoms with Crippen LogP contribution >= 0.6 is 7.14 Å². The quantitative estimate of drug-likeness (QED) is 0.499. The second kappa shape index (κ2) is 7.95. The Hall–Kier alpha value is -2.38. The Morgan fingerprint density at radius 3 is 2.74 bits per heavy atom. The van der Waals surface area contributed by atoms with Gasteiger partial charge < -0.3 is 20.6 Å². The van der Waals surface area contributed by atoms with Crippen molar-refractivity contribution in [3.63, 3.8) is 0 Å². The van der Waals surface area contributed by atoms with Crippen molar-refractivity contribution in [2.45, 2.75) is 31.5 Å². The van der Waals surface area contributed by atoms with Crippen molar-refractivity contribution in [2.75, 3.05) is 25.2 Å². The molecule has 1 fully saturated rings. The molecule has 10 heteroatoms. The highest BCUT2D eigenvalue weighted by molar-refractivity contribution is 7.70. The van der Waals surface area contributed by atoms with Crippen LogP contribution in [-0.2, 0) is 10.7 Å². The van der Waals surface area contributed by atoms with E-state index < -0.39 is 18.9 Å². The molecule has 0 bridgehead atoms. The predicted octanol–water partition coefficient (Wildman–Crippen LogP) is 4.43. The summed E-state index contributed by atoms with van der Waals surface area (Å²) in [6.07, 6.45) is 0.550. The summed E-state index contributed by atoms with van der Waals surface area (Å²) in [7, 11) is -2.64. The first-order valence-electron chi connectivity index (χ1n) is 10.2. The second-order valence-corrected chi connectivity index (χ2v) is 11.6. The molecule has 3 aromatic rings. The predicted molar refractivity (Wildman–Crippen MR) is 117 cm³/mol. The third kappa shape index (κ3) is 4.21. The minimum absolute atomic E-state index is 0.0372. The molecule has 166 valence electrons. The van der Waals surface area contributed by atoms with E-state index in [2.05, 4.69) is 20.3 Å². The number of halogens is 3. The van der Waals surface area contributed by atoms with E-state index in [1.165, 1.54) is 6.20 Å². The first kappa shape index (κ1) is 21.8. The van der Waals surface area contributed by atoms with Gasteiger partial charge in [-0.2, -0.15) is 13.2 Å². The van der Waals surface area contributed by atoms with Crippen LogP contribution in [0.1, 0.15) is 24.8 Å². The van der Waals surface area contributed by atoms with Crippen LogP contribution in [0.3, 0.4) is 0 Å². The van der Waals surface area contributed by atoms with Gasteiger partial charge in [0.15, 0.2) is 0 Å². The highest BCUT2D eigenvalue weighted by atomic mass is 31.2. The molecule has 1 aromatic carbocycles. The second-order valence-electron chi connectivity index (χ2n) is 8.38. The number of rotatable bonds is 5. The number of alkyl halides is 3. The van der Waals surface area contributed by atoms with Crippen molar-refractivity contribution < 1.29 is 17.7 Å². The lowest BCUT2D eigenvalue weighted by molar-refractivity contribution is -0.137. The zero-order valence-electron chi connectivity index (χ0n) is 17.3. The van der Waals surface area contributed by atoms with E-state index in [1.54, 1.807) is 31.5 Å². The lowest BCUT2D eigenvalue weighted by Crippen LogP contribution is -2.30. The van der Waals surface area contributed by atoms with Crippen molar-refractivity contribution in [2.24, 2.45) is 11.7 Å². The largest absolute Gasteiger partial charge is 0.419 e. The summed E-state index contributed by atoms with van der Waals surface area (Å²) in [5.41, 5.74) is 5.55. The molecule has 31 heavy (non-hydrogen) atoms. The van der Waals surface area contributed by atoms with Gasteiger partial charge in [0.25, 0.3) is 0 Å². The van der Waals surface area contributed by atoms with Gasteiger partial charge in [-0.05, 0) is 44.7 Å². The molecule has 6 nitrogen and oxygen atoms in total. The van der Waals surface area contributed by atoms with E-state index in [-0.39, 0.29) is 23.6 Å². The summed E-state index contributed by atoms with van der Waals surface area (Å²) in [6, 6.07) is 5.17. The molecule has 2 atom stereocenters. The number of aromatic amines is 1. The van der Waals surface area contributed by atoms with Gasteiger partial charge in [-0.1, -0.05) is 18.6 Å². The van der Waals surface area contributed by atoms with E-state index in [1.807, 2.05) is 0 Å². The Labute approximate surface area is 178 Å². The van der Waals surface area contributed by atoms with Gasteiger partial charge >= 0.3 is 6.18 Å². The van der Waals surface area contributed by atoms with Gasteiger partial charge in [-0.25, -0.2) is 9.97 Å². The fourth-order valence-corrected chi connectivity index (χ4v) is 5.49. The number of para-hydroxylation sites is 1. The summed E-state index contributed by atoms with van der Waals surface area (Å²) >= 11 is 0. The number of nitrogens with one attached hydrogen (secondary N) is 2. The number of aromatic nitrogens is 3. The maximum Gasteiger partial charge on any atom is 0.419 e. The topological polar surface area (TPSA) is 96.7 Å². The van der Waals surface area contributed by atoms with Crippen molar-refractivity contribution in [1.82, 2.24) is 15.0 Å². The zero-order valence-corrected chi connectivity index (χ0v) is 18.2. The number of hydrogen-bond acceptors (Lipinski definition) is 5. The molecular weight excluding hydrogens is 426 g/mol. The highest BCUT2D eigenvalue weighted by Crippen LogP contribution is 2.42. The van der Waals surface area contributed by atoms with Crippen LogP contribution < -0.4 is 16.4 Å². The standard InChI is InChI=1S/C21H25F3N5OP/c1-31(2,30)17-8-4-6-13-14(10-26-19(13)17)18-15(21(22,23)24)11-27-20(29-18)28-16-7-3-5-12(16)9-25/h4,6,8,10-12,16,26H,3,5,7,9,25H2,1-2H3,(H,27,28,29)/t12-,16?/m0/s1. The van der Waals surface area contributed by atoms with Gasteiger partial charge in [0, 0.05) is 34.7 Å².